The van der Waals surface area contributed by atoms with Gasteiger partial charge in [0, 0.05) is 20.1 Å². The quantitative estimate of drug-likeness (QED) is 0.318. The molecule has 4 aromatic carbocycles. The molecular weight excluding hydrogens is 504 g/mol. The molecule has 0 amide bonds. The van der Waals surface area contributed by atoms with Crippen LogP contribution in [0.1, 0.15) is 22.3 Å². The summed E-state index contributed by atoms with van der Waals surface area (Å²) < 4.78 is 1.40. The summed E-state index contributed by atoms with van der Waals surface area (Å²) in [4.78, 5) is 0. The lowest BCUT2D eigenvalue weighted by Crippen LogP contribution is -2.51. The normalized spacial score (nSPS) is 12.0. The van der Waals surface area contributed by atoms with Crippen LogP contribution in [0.5, 0.6) is 0 Å². The van der Waals surface area contributed by atoms with Crippen LogP contribution in [-0.2, 0) is 11.2 Å². The molecule has 4 rings (SSSR count). The highest BCUT2D eigenvalue weighted by Gasteiger charge is 2.55. The van der Waals surface area contributed by atoms with Crippen LogP contribution in [0.2, 0.25) is 0 Å². The van der Waals surface area contributed by atoms with Crippen molar-refractivity contribution in [1.82, 2.24) is 0 Å². The zero-order valence-corrected chi connectivity index (χ0v) is 19.2. The number of aliphatic hydroxyl groups is 2. The van der Waals surface area contributed by atoms with Gasteiger partial charge in [-0.15, -0.1) is 0 Å². The van der Waals surface area contributed by atoms with Crippen molar-refractivity contribution in [2.24, 2.45) is 0 Å². The van der Waals surface area contributed by atoms with Gasteiger partial charge in [-0.3, -0.25) is 0 Å². The van der Waals surface area contributed by atoms with Crippen molar-refractivity contribution in [3.63, 3.8) is 0 Å². The standard InChI is InChI=1S/C26H20Br2O2/c27-23-17-9-7-15-21(23)26(30,22-16-8-10-18-24(22)28)25(29,19-11-3-1-4-12-19)20-13-5-2-6-14-20/h1-18,29-30H. The minimum absolute atomic E-state index is 0.562. The largest absolute Gasteiger partial charge is 0.377 e. The van der Waals surface area contributed by atoms with Crippen LogP contribution in [-0.4, -0.2) is 10.2 Å². The molecule has 4 aromatic rings. The van der Waals surface area contributed by atoms with Gasteiger partial charge in [0.15, 0.2) is 11.2 Å². The van der Waals surface area contributed by atoms with Crippen LogP contribution in [0, 0.1) is 0 Å². The van der Waals surface area contributed by atoms with Crippen LogP contribution >= 0.6 is 31.9 Å². The van der Waals surface area contributed by atoms with Crippen LogP contribution in [0.4, 0.5) is 0 Å². The fraction of sp³-hybridized carbons (Fsp3) is 0.0769. The Hall–Kier alpha value is -2.24. The lowest BCUT2D eigenvalue weighted by Gasteiger charge is -2.46. The van der Waals surface area contributed by atoms with E-state index in [1.165, 1.54) is 0 Å². The van der Waals surface area contributed by atoms with Crippen molar-refractivity contribution < 1.29 is 10.2 Å². The zero-order chi connectivity index (χ0) is 21.2. The Labute approximate surface area is 193 Å². The molecule has 0 heterocycles. The van der Waals surface area contributed by atoms with Crippen molar-refractivity contribution in [2.45, 2.75) is 11.2 Å². The van der Waals surface area contributed by atoms with Crippen LogP contribution in [0.15, 0.2) is 118 Å². The second-order valence-corrected chi connectivity index (χ2v) is 8.82. The van der Waals surface area contributed by atoms with Gasteiger partial charge in [-0.05, 0) is 23.3 Å². The molecule has 0 spiro atoms. The average molecular weight is 524 g/mol. The van der Waals surface area contributed by atoms with Gasteiger partial charge in [0.2, 0.25) is 0 Å². The molecule has 0 aromatic heterocycles. The van der Waals surface area contributed by atoms with E-state index in [0.29, 0.717) is 31.2 Å². The van der Waals surface area contributed by atoms with E-state index in [1.54, 1.807) is 0 Å². The zero-order valence-electron chi connectivity index (χ0n) is 16.0. The van der Waals surface area contributed by atoms with E-state index < -0.39 is 11.2 Å². The fourth-order valence-corrected chi connectivity index (χ4v) is 5.13. The molecule has 0 aliphatic rings. The first kappa shape index (κ1) is 21.0. The molecule has 0 saturated heterocycles. The Bertz CT molecular complexity index is 1060. The smallest absolute Gasteiger partial charge is 0.154 e. The topological polar surface area (TPSA) is 40.5 Å². The molecule has 2 nitrogen and oxygen atoms in total. The highest BCUT2D eigenvalue weighted by Crippen LogP contribution is 2.52. The summed E-state index contributed by atoms with van der Waals surface area (Å²) in [6.07, 6.45) is 0. The molecule has 0 radical (unpaired) electrons. The molecule has 0 atom stereocenters. The molecule has 4 heteroatoms. The van der Waals surface area contributed by atoms with Gasteiger partial charge in [-0.1, -0.05) is 129 Å². The summed E-state index contributed by atoms with van der Waals surface area (Å²) in [6.45, 7) is 0. The molecule has 0 aliphatic carbocycles. The van der Waals surface area contributed by atoms with Gasteiger partial charge in [-0.25, -0.2) is 0 Å². The molecule has 0 bridgehead atoms. The maximum Gasteiger partial charge on any atom is 0.154 e. The summed E-state index contributed by atoms with van der Waals surface area (Å²) >= 11 is 7.21. The van der Waals surface area contributed by atoms with Crippen molar-refractivity contribution in [3.05, 3.63) is 140 Å². The Morgan fingerprint density at radius 1 is 0.433 bits per heavy atom. The molecule has 2 N–H and O–H groups in total. The first-order valence-electron chi connectivity index (χ1n) is 9.55. The van der Waals surface area contributed by atoms with Crippen molar-refractivity contribution in [1.29, 1.82) is 0 Å². The first-order valence-corrected chi connectivity index (χ1v) is 11.1. The summed E-state index contributed by atoms with van der Waals surface area (Å²) in [6, 6.07) is 33.5. The third-order valence-corrected chi connectivity index (χ3v) is 6.82. The lowest BCUT2D eigenvalue weighted by atomic mass is 9.66. The predicted octanol–water partition coefficient (Wildman–Crippen LogP) is 6.38. The summed E-state index contributed by atoms with van der Waals surface area (Å²) in [5.74, 6) is 0. The highest BCUT2D eigenvalue weighted by molar-refractivity contribution is 9.10. The van der Waals surface area contributed by atoms with Gasteiger partial charge in [0.25, 0.3) is 0 Å². The van der Waals surface area contributed by atoms with Gasteiger partial charge in [-0.2, -0.15) is 0 Å². The maximum atomic E-state index is 12.6. The van der Waals surface area contributed by atoms with Crippen molar-refractivity contribution >= 4 is 31.9 Å². The molecule has 150 valence electrons. The number of rotatable bonds is 5. The molecule has 0 unspecified atom stereocenters. The molecule has 0 fully saturated rings. The molecule has 30 heavy (non-hydrogen) atoms. The van der Waals surface area contributed by atoms with Crippen LogP contribution in [0.25, 0.3) is 0 Å². The summed E-state index contributed by atoms with van der Waals surface area (Å²) in [5, 5.41) is 25.2. The van der Waals surface area contributed by atoms with E-state index >= 15 is 0 Å². The summed E-state index contributed by atoms with van der Waals surface area (Å²) in [5.41, 5.74) is -1.28. The van der Waals surface area contributed by atoms with E-state index in [4.69, 9.17) is 0 Å². The number of hydrogen-bond donors (Lipinski definition) is 2. The van der Waals surface area contributed by atoms with Crippen molar-refractivity contribution in [3.8, 4) is 0 Å². The average Bonchev–Trinajstić information content (AvgIpc) is 2.80. The third kappa shape index (κ3) is 3.34. The maximum absolute atomic E-state index is 12.6. The van der Waals surface area contributed by atoms with Gasteiger partial charge >= 0.3 is 0 Å². The lowest BCUT2D eigenvalue weighted by molar-refractivity contribution is -0.113. The molecule has 0 aliphatic heterocycles. The second kappa shape index (κ2) is 8.48. The van der Waals surface area contributed by atoms with E-state index in [9.17, 15) is 10.2 Å². The van der Waals surface area contributed by atoms with Gasteiger partial charge in [0.05, 0.1) is 0 Å². The monoisotopic (exact) mass is 522 g/mol. The van der Waals surface area contributed by atoms with Gasteiger partial charge < -0.3 is 10.2 Å². The minimum atomic E-state index is -1.81. The van der Waals surface area contributed by atoms with Crippen molar-refractivity contribution in [2.75, 3.05) is 0 Å². The van der Waals surface area contributed by atoms with Crippen LogP contribution in [0.3, 0.4) is 0 Å². The summed E-state index contributed by atoms with van der Waals surface area (Å²) in [7, 11) is 0. The SMILES string of the molecule is OC(c1ccccc1)(c1ccccc1)C(O)(c1ccccc1Br)c1ccccc1Br. The number of hydrogen-bond acceptors (Lipinski definition) is 2. The highest BCUT2D eigenvalue weighted by atomic mass is 79.9. The first-order chi connectivity index (χ1) is 14.5. The Morgan fingerprint density at radius 2 is 0.767 bits per heavy atom. The third-order valence-electron chi connectivity index (χ3n) is 5.43. The Morgan fingerprint density at radius 3 is 1.13 bits per heavy atom. The molecule has 0 saturated carbocycles. The minimum Gasteiger partial charge on any atom is -0.377 e. The number of benzene rings is 4. The van der Waals surface area contributed by atoms with Gasteiger partial charge in [0.1, 0.15) is 0 Å². The van der Waals surface area contributed by atoms with Crippen LogP contribution < -0.4 is 0 Å². The van der Waals surface area contributed by atoms with E-state index in [0.717, 1.165) is 0 Å². The van der Waals surface area contributed by atoms with E-state index in [2.05, 4.69) is 31.9 Å². The van der Waals surface area contributed by atoms with E-state index in [1.807, 2.05) is 109 Å². The second-order valence-electron chi connectivity index (χ2n) is 7.11. The fourth-order valence-electron chi connectivity index (χ4n) is 3.99. The predicted molar refractivity (Wildman–Crippen MR) is 127 cm³/mol. The molecular formula is C26H20Br2O2. The van der Waals surface area contributed by atoms with E-state index in [-0.39, 0.29) is 0 Å². The number of halogens is 2. The Kier molecular flexibility index (Phi) is 5.94. The Balaban J connectivity index is 2.16.